The van der Waals surface area contributed by atoms with Gasteiger partial charge in [0.2, 0.25) is 5.39 Å². The van der Waals surface area contributed by atoms with Gasteiger partial charge in [0.25, 0.3) is 11.8 Å². The van der Waals surface area contributed by atoms with Gasteiger partial charge in [-0.05, 0) is 12.1 Å². The highest BCUT2D eigenvalue weighted by molar-refractivity contribution is 6.21. The second kappa shape index (κ2) is 6.70. The van der Waals surface area contributed by atoms with Gasteiger partial charge in [-0.3, -0.25) is 19.3 Å². The highest BCUT2D eigenvalue weighted by Gasteiger charge is 2.41. The molecule has 0 fully saturated rings. The number of ether oxygens (including phenoxy) is 1. The summed E-state index contributed by atoms with van der Waals surface area (Å²) in [5, 5.41) is 18.1. The van der Waals surface area contributed by atoms with E-state index in [1.54, 1.807) is 12.1 Å². The number of benzene rings is 1. The average Bonchev–Trinajstić information content (AvgIpc) is 2.79. The summed E-state index contributed by atoms with van der Waals surface area (Å²) >= 11 is 0. The summed E-state index contributed by atoms with van der Waals surface area (Å²) in [7, 11) is 1.18. The first-order valence-corrected chi connectivity index (χ1v) is 6.75. The number of nitrogens with zero attached hydrogens (tertiary/aromatic N) is 3. The second-order valence-corrected chi connectivity index (χ2v) is 4.90. The zero-order valence-electron chi connectivity index (χ0n) is 12.3. The Hall–Kier alpha value is -3.21. The van der Waals surface area contributed by atoms with Crippen LogP contribution in [0, 0.1) is 5.39 Å². The topological polar surface area (TPSA) is 112 Å². The van der Waals surface area contributed by atoms with Crippen LogP contribution in [0.4, 0.5) is 0 Å². The van der Waals surface area contributed by atoms with Crippen molar-refractivity contribution in [2.75, 3.05) is 7.11 Å². The molecule has 0 radical (unpaired) electrons. The predicted octanol–water partition coefficient (Wildman–Crippen LogP) is 1.86. The summed E-state index contributed by atoms with van der Waals surface area (Å²) in [5.74, 6) is -2.11. The number of aliphatic hydroxyl groups is 1. The van der Waals surface area contributed by atoms with Crippen LogP contribution in [0.2, 0.25) is 0 Å². The molecule has 0 bridgehead atoms. The Morgan fingerprint density at radius 3 is 2.35 bits per heavy atom. The zero-order chi connectivity index (χ0) is 17.0. The van der Waals surface area contributed by atoms with Gasteiger partial charge in [-0.2, -0.15) is 0 Å². The number of hydrogen-bond donors (Lipinski definition) is 1. The maximum absolute atomic E-state index is 12.4. The van der Waals surface area contributed by atoms with Crippen LogP contribution in [0.5, 0.6) is 0 Å². The molecule has 23 heavy (non-hydrogen) atoms. The van der Waals surface area contributed by atoms with E-state index in [9.17, 15) is 19.5 Å². The number of methoxy groups -OCH3 is 1. The molecular formula is C15H14N3O5+. The number of hydrogen-bond acceptors (Lipinski definition) is 6. The summed E-state index contributed by atoms with van der Waals surface area (Å²) in [6.45, 7) is 0. The molecule has 8 heteroatoms. The lowest BCUT2D eigenvalue weighted by Gasteiger charge is -2.24. The summed E-state index contributed by atoms with van der Waals surface area (Å²) in [5.41, 5.74) is 0.477. The first-order chi connectivity index (χ1) is 11.0. The fraction of sp³-hybridized carbons (Fsp3) is 0.267. The van der Waals surface area contributed by atoms with E-state index in [4.69, 9.17) is 5.39 Å². The Balaban J connectivity index is 2.34. The van der Waals surface area contributed by atoms with E-state index in [-0.39, 0.29) is 29.7 Å². The van der Waals surface area contributed by atoms with E-state index in [1.807, 2.05) is 0 Å². The van der Waals surface area contributed by atoms with Gasteiger partial charge < -0.3 is 9.84 Å². The standard InChI is InChI=1S/C15H13N3O5/c1-23-13(20)7-9(6-10(19)8-17-16)18-14(21)11-4-2-3-5-12(11)15(18)22/h2-5,8-9H,6-7H2,1H3/p+1/b10-8-. The largest absolute Gasteiger partial charge is 0.505 e. The van der Waals surface area contributed by atoms with Gasteiger partial charge in [0.15, 0.2) is 10.7 Å². The third-order valence-corrected chi connectivity index (χ3v) is 3.47. The first-order valence-electron chi connectivity index (χ1n) is 6.75. The lowest BCUT2D eigenvalue weighted by atomic mass is 10.1. The van der Waals surface area contributed by atoms with Gasteiger partial charge in [0.1, 0.15) is 0 Å². The maximum Gasteiger partial charge on any atom is 0.387 e. The molecule has 1 aromatic rings. The zero-order valence-corrected chi connectivity index (χ0v) is 12.3. The number of imide groups is 1. The summed E-state index contributed by atoms with van der Waals surface area (Å²) < 4.78 is 4.57. The molecule has 2 amide bonds. The van der Waals surface area contributed by atoms with Gasteiger partial charge in [0.05, 0.1) is 30.7 Å². The number of rotatable bonds is 5. The van der Waals surface area contributed by atoms with Crippen molar-refractivity contribution in [3.8, 4) is 0 Å². The van der Waals surface area contributed by atoms with Crippen molar-refractivity contribution in [2.45, 2.75) is 18.9 Å². The third-order valence-electron chi connectivity index (χ3n) is 3.47. The molecule has 2 rings (SSSR count). The van der Waals surface area contributed by atoms with Crippen molar-refractivity contribution in [1.29, 1.82) is 5.39 Å². The highest BCUT2D eigenvalue weighted by atomic mass is 16.5. The maximum atomic E-state index is 12.4. The molecule has 1 atom stereocenters. The molecule has 0 aromatic heterocycles. The van der Waals surface area contributed by atoms with Gasteiger partial charge in [0, 0.05) is 6.42 Å². The van der Waals surface area contributed by atoms with Crippen molar-refractivity contribution in [1.82, 2.24) is 4.90 Å². The van der Waals surface area contributed by atoms with Gasteiger partial charge >= 0.3 is 12.2 Å². The monoisotopic (exact) mass is 316 g/mol. The van der Waals surface area contributed by atoms with E-state index >= 15 is 0 Å². The summed E-state index contributed by atoms with van der Waals surface area (Å²) in [6, 6.07) is 5.34. The molecule has 8 nitrogen and oxygen atoms in total. The van der Waals surface area contributed by atoms with Crippen molar-refractivity contribution in [3.05, 3.63) is 52.3 Å². The molecule has 118 valence electrons. The Morgan fingerprint density at radius 1 is 1.30 bits per heavy atom. The highest BCUT2D eigenvalue weighted by Crippen LogP contribution is 2.28. The quantitative estimate of drug-likeness (QED) is 0.384. The lowest BCUT2D eigenvalue weighted by Crippen LogP contribution is -2.41. The molecule has 1 N–H and O–H groups in total. The van der Waals surface area contributed by atoms with Crippen molar-refractivity contribution < 1.29 is 24.2 Å². The number of esters is 1. The minimum Gasteiger partial charge on any atom is -0.505 e. The molecule has 1 aliphatic rings. The Labute approximate surface area is 131 Å². The Morgan fingerprint density at radius 2 is 1.87 bits per heavy atom. The van der Waals surface area contributed by atoms with Crippen molar-refractivity contribution >= 4 is 17.8 Å². The van der Waals surface area contributed by atoms with Crippen LogP contribution in [-0.4, -0.2) is 40.9 Å². The fourth-order valence-electron chi connectivity index (χ4n) is 2.43. The van der Waals surface area contributed by atoms with Gasteiger partial charge in [-0.1, -0.05) is 12.1 Å². The number of amides is 2. The summed E-state index contributed by atoms with van der Waals surface area (Å²) in [4.78, 5) is 40.0. The van der Waals surface area contributed by atoms with E-state index < -0.39 is 23.8 Å². The van der Waals surface area contributed by atoms with Gasteiger partial charge in [-0.15, -0.1) is 0 Å². The fourth-order valence-corrected chi connectivity index (χ4v) is 2.43. The minimum atomic E-state index is -0.951. The summed E-state index contributed by atoms with van der Waals surface area (Å²) in [6.07, 6.45) is 0.248. The SMILES string of the molecule is COC(=O)CC(C/C(O)=C/[N+]#N)N1C(=O)c2ccccc2C1=O. The normalized spacial score (nSPS) is 15.1. The van der Waals surface area contributed by atoms with E-state index in [0.29, 0.717) is 0 Å². The van der Waals surface area contributed by atoms with Crippen LogP contribution in [0.15, 0.2) is 36.2 Å². The molecule has 0 saturated heterocycles. The molecule has 0 spiro atoms. The smallest absolute Gasteiger partial charge is 0.387 e. The molecular weight excluding hydrogens is 302 g/mol. The number of carbonyl (C=O) groups excluding carboxylic acids is 3. The molecule has 0 saturated carbocycles. The van der Waals surface area contributed by atoms with Crippen LogP contribution >= 0.6 is 0 Å². The molecule has 1 heterocycles. The van der Waals surface area contributed by atoms with E-state index in [2.05, 4.69) is 9.71 Å². The van der Waals surface area contributed by atoms with Crippen LogP contribution in [0.25, 0.3) is 4.98 Å². The predicted molar refractivity (Wildman–Crippen MR) is 77.8 cm³/mol. The Bertz CT molecular complexity index is 700. The van der Waals surface area contributed by atoms with Crippen molar-refractivity contribution in [3.63, 3.8) is 0 Å². The number of fused-ring (bicyclic) bond motifs is 1. The number of aliphatic hydroxyl groups excluding tert-OH is 1. The second-order valence-electron chi connectivity index (χ2n) is 4.90. The lowest BCUT2D eigenvalue weighted by molar-refractivity contribution is -0.141. The van der Waals surface area contributed by atoms with E-state index in [0.717, 1.165) is 11.1 Å². The average molecular weight is 316 g/mol. The molecule has 1 aliphatic heterocycles. The van der Waals surface area contributed by atoms with Gasteiger partial charge in [-0.25, -0.2) is 0 Å². The Kier molecular flexibility index (Phi) is 4.71. The molecule has 0 aliphatic carbocycles. The van der Waals surface area contributed by atoms with E-state index in [1.165, 1.54) is 19.2 Å². The third kappa shape index (κ3) is 3.18. The van der Waals surface area contributed by atoms with Crippen LogP contribution in [0.3, 0.4) is 0 Å². The van der Waals surface area contributed by atoms with Crippen LogP contribution < -0.4 is 0 Å². The molecule has 1 aromatic carbocycles. The van der Waals surface area contributed by atoms with Crippen molar-refractivity contribution in [2.24, 2.45) is 0 Å². The van der Waals surface area contributed by atoms with Crippen LogP contribution in [-0.2, 0) is 9.53 Å². The first kappa shape index (κ1) is 16.2. The molecule has 1 unspecified atom stereocenters. The minimum absolute atomic E-state index is 0.232. The number of diazo groups is 1. The van der Waals surface area contributed by atoms with Crippen LogP contribution in [0.1, 0.15) is 33.6 Å². The number of carbonyl (C=O) groups is 3.